The second kappa shape index (κ2) is 10.5. The Morgan fingerprint density at radius 3 is 2.71 bits per heavy atom. The molecule has 0 radical (unpaired) electrons. The summed E-state index contributed by atoms with van der Waals surface area (Å²) in [6.45, 7) is 5.57. The summed E-state index contributed by atoms with van der Waals surface area (Å²) in [6, 6.07) is 15.2. The zero-order valence-corrected chi connectivity index (χ0v) is 19.6. The molecule has 3 heterocycles. The van der Waals surface area contributed by atoms with Gasteiger partial charge in [0.2, 0.25) is 0 Å². The van der Waals surface area contributed by atoms with Gasteiger partial charge < -0.3 is 10.0 Å². The van der Waals surface area contributed by atoms with E-state index in [4.69, 9.17) is 9.97 Å². The third kappa shape index (κ3) is 5.21. The second-order valence-electron chi connectivity index (χ2n) is 9.41. The zero-order valence-electron chi connectivity index (χ0n) is 19.6. The Labute approximate surface area is 201 Å². The first-order chi connectivity index (χ1) is 16.7. The molecule has 3 aromatic rings. The summed E-state index contributed by atoms with van der Waals surface area (Å²) in [5.41, 5.74) is 3.70. The summed E-state index contributed by atoms with van der Waals surface area (Å²) < 4.78 is 0. The highest BCUT2D eigenvalue weighted by atomic mass is 16.4. The van der Waals surface area contributed by atoms with Gasteiger partial charge in [-0.15, -0.1) is 0 Å². The maximum absolute atomic E-state index is 11.2. The Bertz CT molecular complexity index is 1130. The highest BCUT2D eigenvalue weighted by molar-refractivity contribution is 5.81. The van der Waals surface area contributed by atoms with Crippen LogP contribution in [0.2, 0.25) is 0 Å². The van der Waals surface area contributed by atoms with Crippen LogP contribution in [0.1, 0.15) is 42.3 Å². The molecule has 1 saturated heterocycles. The van der Waals surface area contributed by atoms with E-state index in [2.05, 4.69) is 46.2 Å². The number of carboxylic acid groups (broad SMARTS) is 1. The zero-order chi connectivity index (χ0) is 23.3. The summed E-state index contributed by atoms with van der Waals surface area (Å²) in [6.07, 6.45) is 7.55. The van der Waals surface area contributed by atoms with Gasteiger partial charge in [-0.1, -0.05) is 30.3 Å². The molecule has 1 aromatic carbocycles. The van der Waals surface area contributed by atoms with E-state index < -0.39 is 6.09 Å². The van der Waals surface area contributed by atoms with Crippen molar-refractivity contribution >= 4 is 16.9 Å². The normalized spacial score (nSPS) is 18.9. The van der Waals surface area contributed by atoms with E-state index >= 15 is 0 Å². The summed E-state index contributed by atoms with van der Waals surface area (Å²) in [4.78, 5) is 27.2. The van der Waals surface area contributed by atoms with Crippen LogP contribution in [0.25, 0.3) is 10.8 Å². The fourth-order valence-corrected chi connectivity index (χ4v) is 5.37. The maximum Gasteiger partial charge on any atom is 0.407 e. The molecule has 0 unspecified atom stereocenters. The Kier molecular flexibility index (Phi) is 7.02. The first-order valence-corrected chi connectivity index (χ1v) is 12.4. The van der Waals surface area contributed by atoms with Gasteiger partial charge in [0.15, 0.2) is 0 Å². The van der Waals surface area contributed by atoms with E-state index in [1.54, 1.807) is 0 Å². The molecule has 0 saturated carbocycles. The first kappa shape index (κ1) is 22.7. The summed E-state index contributed by atoms with van der Waals surface area (Å²) in [5.74, 6) is 0. The van der Waals surface area contributed by atoms with E-state index in [1.165, 1.54) is 33.4 Å². The van der Waals surface area contributed by atoms with E-state index in [-0.39, 0.29) is 0 Å². The van der Waals surface area contributed by atoms with E-state index in [0.717, 1.165) is 57.7 Å². The number of benzene rings is 1. The number of aryl methyl sites for hydroxylation is 1. The third-order valence-corrected chi connectivity index (χ3v) is 7.22. The number of fused-ring (bicyclic) bond motifs is 2. The van der Waals surface area contributed by atoms with Crippen LogP contribution in [-0.4, -0.2) is 75.1 Å². The minimum absolute atomic E-state index is 0.307. The molecule has 7 heteroatoms. The van der Waals surface area contributed by atoms with Crippen molar-refractivity contribution in [2.24, 2.45) is 0 Å². The van der Waals surface area contributed by atoms with Gasteiger partial charge in [0, 0.05) is 57.0 Å². The number of piperazine rings is 1. The number of amides is 1. The molecule has 2 aliphatic rings. The molecule has 178 valence electrons. The van der Waals surface area contributed by atoms with E-state index in [9.17, 15) is 9.90 Å². The summed E-state index contributed by atoms with van der Waals surface area (Å²) in [7, 11) is 0. The molecule has 1 fully saturated rings. The average Bonchev–Trinajstić information content (AvgIpc) is 2.88. The highest BCUT2D eigenvalue weighted by Crippen LogP contribution is 2.34. The van der Waals surface area contributed by atoms with Crippen LogP contribution in [0, 0.1) is 0 Å². The van der Waals surface area contributed by atoms with Crippen LogP contribution >= 0.6 is 0 Å². The predicted molar refractivity (Wildman–Crippen MR) is 133 cm³/mol. The Balaban J connectivity index is 1.30. The predicted octanol–water partition coefficient (Wildman–Crippen LogP) is 4.20. The topological polar surface area (TPSA) is 72.8 Å². The second-order valence-corrected chi connectivity index (χ2v) is 9.41. The van der Waals surface area contributed by atoms with Gasteiger partial charge in [-0.2, -0.15) is 0 Å². The molecular formula is C27H33N5O2. The van der Waals surface area contributed by atoms with Gasteiger partial charge in [-0.05, 0) is 55.3 Å². The maximum atomic E-state index is 11.2. The number of rotatable bonds is 7. The average molecular weight is 460 g/mol. The van der Waals surface area contributed by atoms with Crippen molar-refractivity contribution in [3.05, 3.63) is 71.8 Å². The van der Waals surface area contributed by atoms with Crippen LogP contribution in [0.3, 0.4) is 0 Å². The quantitative estimate of drug-likeness (QED) is 0.571. The van der Waals surface area contributed by atoms with Gasteiger partial charge in [0.25, 0.3) is 0 Å². The van der Waals surface area contributed by atoms with Gasteiger partial charge in [0.1, 0.15) is 0 Å². The Hall–Kier alpha value is -3.03. The van der Waals surface area contributed by atoms with Gasteiger partial charge >= 0.3 is 6.09 Å². The lowest BCUT2D eigenvalue weighted by atomic mass is 9.90. The molecule has 1 aliphatic carbocycles. The smallest absolute Gasteiger partial charge is 0.407 e. The molecule has 7 nitrogen and oxygen atoms in total. The van der Waals surface area contributed by atoms with Gasteiger partial charge in [0.05, 0.1) is 17.4 Å². The standard InChI is InChI=1S/C27H33N5O2/c33-27(34)31-16-14-30(15-17-31)12-5-13-32(25-10-3-8-21-9-4-11-28-26(21)25)20-24-18-22-6-1-2-7-23(22)19-29-24/h1-2,4,6-7,9,11,18-19,25H,3,5,8,10,12-17,20H2,(H,33,34)/t25-/m0/s1. The van der Waals surface area contributed by atoms with Crippen molar-refractivity contribution in [1.29, 1.82) is 0 Å². The molecule has 0 bridgehead atoms. The lowest BCUT2D eigenvalue weighted by Gasteiger charge is -2.36. The molecule has 0 spiro atoms. The lowest BCUT2D eigenvalue weighted by molar-refractivity contribution is 0.0994. The lowest BCUT2D eigenvalue weighted by Crippen LogP contribution is -2.48. The molecule has 1 aliphatic heterocycles. The molecule has 1 N–H and O–H groups in total. The van der Waals surface area contributed by atoms with Crippen LogP contribution in [-0.2, 0) is 13.0 Å². The van der Waals surface area contributed by atoms with Crippen LogP contribution < -0.4 is 0 Å². The molecule has 2 aromatic heterocycles. The third-order valence-electron chi connectivity index (χ3n) is 7.22. The minimum Gasteiger partial charge on any atom is -0.465 e. The number of hydrogen-bond acceptors (Lipinski definition) is 5. The number of carbonyl (C=O) groups is 1. The van der Waals surface area contributed by atoms with Crippen LogP contribution in [0.15, 0.2) is 54.9 Å². The number of pyridine rings is 2. The van der Waals surface area contributed by atoms with Crippen molar-refractivity contribution in [2.45, 2.75) is 38.3 Å². The van der Waals surface area contributed by atoms with Gasteiger partial charge in [-0.3, -0.25) is 19.8 Å². The molecule has 1 atom stereocenters. The van der Waals surface area contributed by atoms with E-state index in [0.29, 0.717) is 19.1 Å². The van der Waals surface area contributed by atoms with Gasteiger partial charge in [-0.25, -0.2) is 4.79 Å². The molecule has 34 heavy (non-hydrogen) atoms. The fourth-order valence-electron chi connectivity index (χ4n) is 5.37. The van der Waals surface area contributed by atoms with Crippen molar-refractivity contribution < 1.29 is 9.90 Å². The van der Waals surface area contributed by atoms with Crippen molar-refractivity contribution in [2.75, 3.05) is 39.3 Å². The Morgan fingerprint density at radius 2 is 1.88 bits per heavy atom. The highest BCUT2D eigenvalue weighted by Gasteiger charge is 2.28. The first-order valence-electron chi connectivity index (χ1n) is 12.4. The molecule has 5 rings (SSSR count). The van der Waals surface area contributed by atoms with Crippen molar-refractivity contribution in [1.82, 2.24) is 24.7 Å². The van der Waals surface area contributed by atoms with Crippen LogP contribution in [0.5, 0.6) is 0 Å². The van der Waals surface area contributed by atoms with E-state index in [1.807, 2.05) is 18.5 Å². The van der Waals surface area contributed by atoms with Crippen molar-refractivity contribution in [3.8, 4) is 0 Å². The number of aromatic nitrogens is 2. The monoisotopic (exact) mass is 459 g/mol. The number of hydrogen-bond donors (Lipinski definition) is 1. The van der Waals surface area contributed by atoms with Crippen LogP contribution in [0.4, 0.5) is 4.79 Å². The minimum atomic E-state index is -0.808. The molecular weight excluding hydrogens is 426 g/mol. The molecule has 1 amide bonds. The summed E-state index contributed by atoms with van der Waals surface area (Å²) >= 11 is 0. The Morgan fingerprint density at radius 1 is 1.06 bits per heavy atom. The fraction of sp³-hybridized carbons (Fsp3) is 0.444. The van der Waals surface area contributed by atoms with Crippen molar-refractivity contribution in [3.63, 3.8) is 0 Å². The summed E-state index contributed by atoms with van der Waals surface area (Å²) in [5, 5.41) is 11.6. The SMILES string of the molecule is O=C(O)N1CCN(CCCN(Cc2cc3ccccc3cn2)[C@H]2CCCc3cccnc32)CC1. The largest absolute Gasteiger partial charge is 0.465 e. The number of nitrogens with zero attached hydrogens (tertiary/aromatic N) is 5.